The number of rotatable bonds is 4. The first-order valence-electron chi connectivity index (χ1n) is 7.68. The van der Waals surface area contributed by atoms with Crippen molar-refractivity contribution in [2.24, 2.45) is 0 Å². The fourth-order valence-corrected chi connectivity index (χ4v) is 5.02. The maximum atomic E-state index is 9.96. The number of halogens is 3. The molecule has 3 rings (SSSR count). The minimum absolute atomic E-state index is 0. The third-order valence-corrected chi connectivity index (χ3v) is 5.97. The summed E-state index contributed by atoms with van der Waals surface area (Å²) in [6.07, 6.45) is 1.85. The molecular formula is C18H20BrI2NO3. The molecule has 1 unspecified atom stereocenters. The van der Waals surface area contributed by atoms with Gasteiger partial charge in [-0.15, -0.1) is 17.0 Å². The van der Waals surface area contributed by atoms with Gasteiger partial charge in [0.05, 0.1) is 21.4 Å². The first-order valence-corrected chi connectivity index (χ1v) is 9.84. The molecule has 25 heavy (non-hydrogen) atoms. The van der Waals surface area contributed by atoms with Gasteiger partial charge >= 0.3 is 0 Å². The highest BCUT2D eigenvalue weighted by molar-refractivity contribution is 14.1. The Morgan fingerprint density at radius 1 is 1.08 bits per heavy atom. The van der Waals surface area contributed by atoms with Crippen molar-refractivity contribution < 1.29 is 14.6 Å². The largest absolute Gasteiger partial charge is 0.506 e. The van der Waals surface area contributed by atoms with Crippen LogP contribution in [0.5, 0.6) is 17.2 Å². The van der Waals surface area contributed by atoms with Crippen LogP contribution in [0, 0.1) is 7.14 Å². The monoisotopic (exact) mass is 631 g/mol. The van der Waals surface area contributed by atoms with Gasteiger partial charge in [-0.3, -0.25) is 0 Å². The van der Waals surface area contributed by atoms with Gasteiger partial charge in [-0.1, -0.05) is 0 Å². The van der Waals surface area contributed by atoms with Crippen LogP contribution < -0.4 is 14.8 Å². The lowest BCUT2D eigenvalue weighted by Gasteiger charge is -2.28. The smallest absolute Gasteiger partial charge is 0.161 e. The zero-order valence-corrected chi connectivity index (χ0v) is 20.0. The van der Waals surface area contributed by atoms with E-state index in [2.05, 4.69) is 74.8 Å². The Balaban J connectivity index is 0.00000225. The fourth-order valence-electron chi connectivity index (χ4n) is 3.12. The zero-order chi connectivity index (χ0) is 17.3. The minimum atomic E-state index is 0. The van der Waals surface area contributed by atoms with Crippen molar-refractivity contribution in [1.82, 2.24) is 5.32 Å². The molecule has 1 heterocycles. The Labute approximate surface area is 185 Å². The summed E-state index contributed by atoms with van der Waals surface area (Å²) >= 11 is 4.36. The van der Waals surface area contributed by atoms with E-state index in [-0.39, 0.29) is 23.0 Å². The summed E-state index contributed by atoms with van der Waals surface area (Å²) in [5, 5.41) is 13.6. The minimum Gasteiger partial charge on any atom is -0.506 e. The van der Waals surface area contributed by atoms with Gasteiger partial charge in [0.25, 0.3) is 0 Å². The molecule has 4 nitrogen and oxygen atoms in total. The van der Waals surface area contributed by atoms with E-state index in [1.807, 2.05) is 0 Å². The van der Waals surface area contributed by atoms with Crippen LogP contribution in [0.2, 0.25) is 0 Å². The van der Waals surface area contributed by atoms with Crippen LogP contribution in [0.25, 0.3) is 0 Å². The molecule has 0 aromatic heterocycles. The standard InChI is InChI=1S/C18H19I2NO3.BrH/c1-23-16-8-11-3-4-21-15(12(11)9-17(16)24-2)7-10-5-13(19)18(22)14(20)6-10;/h5-6,8-9,15,21-22H,3-4,7H2,1-2H3;1H. The van der Waals surface area contributed by atoms with Crippen LogP contribution in [0.4, 0.5) is 0 Å². The lowest BCUT2D eigenvalue weighted by atomic mass is 9.90. The molecule has 2 N–H and O–H groups in total. The topological polar surface area (TPSA) is 50.7 Å². The molecule has 2 aromatic carbocycles. The fraction of sp³-hybridized carbons (Fsp3) is 0.333. The maximum Gasteiger partial charge on any atom is 0.161 e. The van der Waals surface area contributed by atoms with Crippen LogP contribution in [0.15, 0.2) is 24.3 Å². The number of fused-ring (bicyclic) bond motifs is 1. The highest BCUT2D eigenvalue weighted by Gasteiger charge is 2.23. The molecule has 7 heteroatoms. The second kappa shape index (κ2) is 9.09. The van der Waals surface area contributed by atoms with E-state index in [4.69, 9.17) is 9.47 Å². The van der Waals surface area contributed by atoms with E-state index in [0.29, 0.717) is 5.75 Å². The van der Waals surface area contributed by atoms with Crippen molar-refractivity contribution in [2.75, 3.05) is 20.8 Å². The number of hydrogen-bond donors (Lipinski definition) is 2. The SMILES string of the molecule is Br.COc1cc2c(cc1OC)C(Cc1cc(I)c(O)c(I)c1)NCC2. The van der Waals surface area contributed by atoms with Crippen LogP contribution in [-0.2, 0) is 12.8 Å². The molecule has 0 spiro atoms. The molecule has 0 fully saturated rings. The molecule has 0 bridgehead atoms. The highest BCUT2D eigenvalue weighted by Crippen LogP contribution is 2.37. The average molecular weight is 632 g/mol. The summed E-state index contributed by atoms with van der Waals surface area (Å²) in [5.74, 6) is 1.91. The molecule has 1 aliphatic rings. The Kier molecular flexibility index (Phi) is 7.66. The van der Waals surface area contributed by atoms with Gasteiger partial charge in [-0.2, -0.15) is 0 Å². The molecule has 136 valence electrons. The average Bonchev–Trinajstić information content (AvgIpc) is 2.58. The summed E-state index contributed by atoms with van der Waals surface area (Å²) in [4.78, 5) is 0. The number of phenols is 1. The Bertz CT molecular complexity index is 747. The summed E-state index contributed by atoms with van der Waals surface area (Å²) in [5.41, 5.74) is 3.78. The zero-order valence-electron chi connectivity index (χ0n) is 13.9. The molecule has 0 aliphatic carbocycles. The van der Waals surface area contributed by atoms with Gasteiger partial charge < -0.3 is 19.9 Å². The Morgan fingerprint density at radius 3 is 2.28 bits per heavy atom. The first-order chi connectivity index (χ1) is 11.5. The molecular weight excluding hydrogens is 612 g/mol. The van der Waals surface area contributed by atoms with Crippen molar-refractivity contribution in [1.29, 1.82) is 0 Å². The van der Waals surface area contributed by atoms with Gasteiger partial charge in [-0.25, -0.2) is 0 Å². The van der Waals surface area contributed by atoms with E-state index in [1.165, 1.54) is 16.7 Å². The van der Waals surface area contributed by atoms with Crippen LogP contribution in [0.1, 0.15) is 22.7 Å². The van der Waals surface area contributed by atoms with Crippen molar-refractivity contribution >= 4 is 62.2 Å². The van der Waals surface area contributed by atoms with Crippen molar-refractivity contribution in [3.63, 3.8) is 0 Å². The number of hydrogen-bond acceptors (Lipinski definition) is 4. The van der Waals surface area contributed by atoms with E-state index >= 15 is 0 Å². The van der Waals surface area contributed by atoms with Crippen LogP contribution in [-0.4, -0.2) is 25.9 Å². The third kappa shape index (κ3) is 4.54. The van der Waals surface area contributed by atoms with Crippen LogP contribution >= 0.6 is 62.2 Å². The first kappa shape index (κ1) is 21.0. The van der Waals surface area contributed by atoms with Gasteiger partial charge in [0, 0.05) is 6.04 Å². The molecule has 0 saturated carbocycles. The van der Waals surface area contributed by atoms with Gasteiger partial charge in [0.2, 0.25) is 0 Å². The van der Waals surface area contributed by atoms with E-state index < -0.39 is 0 Å². The van der Waals surface area contributed by atoms with Gasteiger partial charge in [0.1, 0.15) is 5.75 Å². The number of nitrogens with one attached hydrogen (secondary N) is 1. The molecule has 1 aliphatic heterocycles. The number of aromatic hydroxyl groups is 1. The van der Waals surface area contributed by atoms with Gasteiger partial charge in [0.15, 0.2) is 11.5 Å². The van der Waals surface area contributed by atoms with Crippen LogP contribution in [0.3, 0.4) is 0 Å². The normalized spacial score (nSPS) is 15.9. The number of phenolic OH excluding ortho intramolecular Hbond substituents is 1. The molecule has 0 amide bonds. The number of benzene rings is 2. The van der Waals surface area contributed by atoms with E-state index in [9.17, 15) is 5.11 Å². The summed E-state index contributed by atoms with van der Waals surface area (Å²) < 4.78 is 12.7. The molecule has 1 atom stereocenters. The second-order valence-electron chi connectivity index (χ2n) is 5.77. The van der Waals surface area contributed by atoms with E-state index in [0.717, 1.165) is 38.0 Å². The number of ether oxygens (including phenoxy) is 2. The molecule has 0 saturated heterocycles. The lowest BCUT2D eigenvalue weighted by Crippen LogP contribution is -2.31. The maximum absolute atomic E-state index is 9.96. The van der Waals surface area contributed by atoms with Crippen molar-refractivity contribution in [2.45, 2.75) is 18.9 Å². The van der Waals surface area contributed by atoms with Crippen molar-refractivity contribution in [3.05, 3.63) is 48.1 Å². The Morgan fingerprint density at radius 2 is 1.68 bits per heavy atom. The Hall–Kier alpha value is -0.260. The lowest BCUT2D eigenvalue weighted by molar-refractivity contribution is 0.352. The van der Waals surface area contributed by atoms with Gasteiger partial charge in [-0.05, 0) is 106 Å². The summed E-state index contributed by atoms with van der Waals surface area (Å²) in [6, 6.07) is 8.50. The summed E-state index contributed by atoms with van der Waals surface area (Å²) in [6.45, 7) is 0.944. The molecule has 0 radical (unpaired) electrons. The van der Waals surface area contributed by atoms with E-state index in [1.54, 1.807) is 14.2 Å². The quantitative estimate of drug-likeness (QED) is 0.484. The highest BCUT2D eigenvalue weighted by atomic mass is 127. The summed E-state index contributed by atoms with van der Waals surface area (Å²) in [7, 11) is 3.34. The predicted molar refractivity (Wildman–Crippen MR) is 122 cm³/mol. The third-order valence-electron chi connectivity index (χ3n) is 4.32. The molecule has 2 aromatic rings. The predicted octanol–water partition coefficient (Wildman–Crippen LogP) is 4.63. The van der Waals surface area contributed by atoms with Crippen molar-refractivity contribution in [3.8, 4) is 17.2 Å². The second-order valence-corrected chi connectivity index (χ2v) is 8.10. The number of methoxy groups -OCH3 is 2.